The molecule has 1 N–H and O–H groups in total. The standard InChI is InChI=1S/C6H6F3NO2/c1-3-4(2-11)5(12-10-3)6(7,8)9/h11H,2H2,1H3. The summed E-state index contributed by atoms with van der Waals surface area (Å²) < 4.78 is 40.0. The quantitative estimate of drug-likeness (QED) is 0.713. The van der Waals surface area contributed by atoms with Gasteiger partial charge in [0.1, 0.15) is 0 Å². The minimum atomic E-state index is -4.58. The van der Waals surface area contributed by atoms with E-state index in [0.29, 0.717) is 0 Å². The zero-order valence-corrected chi connectivity index (χ0v) is 6.14. The molecular weight excluding hydrogens is 175 g/mol. The topological polar surface area (TPSA) is 46.3 Å². The fourth-order valence-electron chi connectivity index (χ4n) is 0.798. The lowest BCUT2D eigenvalue weighted by Gasteiger charge is -2.02. The molecule has 0 fully saturated rings. The number of aromatic nitrogens is 1. The van der Waals surface area contributed by atoms with Crippen LogP contribution < -0.4 is 0 Å². The molecule has 12 heavy (non-hydrogen) atoms. The third-order valence-corrected chi connectivity index (χ3v) is 1.40. The van der Waals surface area contributed by atoms with Crippen molar-refractivity contribution < 1.29 is 22.8 Å². The summed E-state index contributed by atoms with van der Waals surface area (Å²) >= 11 is 0. The number of rotatable bonds is 1. The average Bonchev–Trinajstić information content (AvgIpc) is 2.29. The van der Waals surface area contributed by atoms with E-state index in [1.165, 1.54) is 6.92 Å². The van der Waals surface area contributed by atoms with Crippen molar-refractivity contribution in [2.45, 2.75) is 19.7 Å². The molecule has 0 unspecified atom stereocenters. The molecule has 0 aliphatic rings. The molecule has 0 saturated carbocycles. The lowest BCUT2D eigenvalue weighted by molar-refractivity contribution is -0.156. The van der Waals surface area contributed by atoms with E-state index in [2.05, 4.69) is 9.68 Å². The van der Waals surface area contributed by atoms with Crippen molar-refractivity contribution in [3.05, 3.63) is 17.0 Å². The fraction of sp³-hybridized carbons (Fsp3) is 0.500. The number of aryl methyl sites for hydroxylation is 1. The SMILES string of the molecule is Cc1noc(C(F)(F)F)c1CO. The van der Waals surface area contributed by atoms with Crippen LogP contribution in [0.25, 0.3) is 0 Å². The smallest absolute Gasteiger partial charge is 0.391 e. The molecule has 0 spiro atoms. The summed E-state index contributed by atoms with van der Waals surface area (Å²) in [5, 5.41) is 11.7. The highest BCUT2D eigenvalue weighted by atomic mass is 19.4. The summed E-state index contributed by atoms with van der Waals surface area (Å²) in [4.78, 5) is 0. The van der Waals surface area contributed by atoms with Crippen molar-refractivity contribution in [2.75, 3.05) is 0 Å². The third-order valence-electron chi connectivity index (χ3n) is 1.40. The van der Waals surface area contributed by atoms with Crippen LogP contribution in [0.2, 0.25) is 0 Å². The second-order valence-corrected chi connectivity index (χ2v) is 2.23. The number of aliphatic hydroxyl groups is 1. The van der Waals surface area contributed by atoms with Crippen LogP contribution in [0, 0.1) is 6.92 Å². The Labute approximate surface area is 65.8 Å². The van der Waals surface area contributed by atoms with E-state index in [0.717, 1.165) is 0 Å². The van der Waals surface area contributed by atoms with E-state index in [9.17, 15) is 13.2 Å². The largest absolute Gasteiger partial charge is 0.452 e. The van der Waals surface area contributed by atoms with Gasteiger partial charge in [-0.1, -0.05) is 5.16 Å². The van der Waals surface area contributed by atoms with Crippen molar-refractivity contribution in [1.29, 1.82) is 0 Å². The van der Waals surface area contributed by atoms with Gasteiger partial charge >= 0.3 is 6.18 Å². The summed E-state index contributed by atoms with van der Waals surface area (Å²) in [6.07, 6.45) is -4.58. The Morgan fingerprint density at radius 1 is 1.50 bits per heavy atom. The first-order valence-electron chi connectivity index (χ1n) is 3.10. The maximum Gasteiger partial charge on any atom is 0.452 e. The molecule has 1 aromatic heterocycles. The number of halogens is 3. The predicted octanol–water partition coefficient (Wildman–Crippen LogP) is 1.49. The molecule has 0 aliphatic heterocycles. The Hall–Kier alpha value is -1.04. The predicted molar refractivity (Wildman–Crippen MR) is 32.2 cm³/mol. The third kappa shape index (κ3) is 1.42. The number of nitrogens with zero attached hydrogens (tertiary/aromatic N) is 1. The minimum Gasteiger partial charge on any atom is -0.391 e. The highest BCUT2D eigenvalue weighted by Gasteiger charge is 2.39. The van der Waals surface area contributed by atoms with Gasteiger partial charge in [0, 0.05) is 0 Å². The molecule has 0 saturated heterocycles. The monoisotopic (exact) mass is 181 g/mol. The van der Waals surface area contributed by atoms with Crippen LogP contribution in [-0.4, -0.2) is 10.3 Å². The first-order valence-corrected chi connectivity index (χ1v) is 3.10. The Morgan fingerprint density at radius 2 is 2.08 bits per heavy atom. The Kier molecular flexibility index (Phi) is 2.10. The Balaban J connectivity index is 3.16. The van der Waals surface area contributed by atoms with Gasteiger partial charge in [-0.3, -0.25) is 0 Å². The summed E-state index contributed by atoms with van der Waals surface area (Å²) in [7, 11) is 0. The summed E-state index contributed by atoms with van der Waals surface area (Å²) in [5.74, 6) is -1.22. The van der Waals surface area contributed by atoms with Gasteiger partial charge in [-0.15, -0.1) is 0 Å². The van der Waals surface area contributed by atoms with E-state index in [-0.39, 0.29) is 11.3 Å². The van der Waals surface area contributed by atoms with Crippen LogP contribution in [0.3, 0.4) is 0 Å². The molecular formula is C6H6F3NO2. The zero-order valence-electron chi connectivity index (χ0n) is 6.14. The Bertz CT molecular complexity index is 279. The number of alkyl halides is 3. The molecule has 0 bridgehead atoms. The van der Waals surface area contributed by atoms with Crippen LogP contribution in [0.1, 0.15) is 17.0 Å². The summed E-state index contributed by atoms with van der Waals surface area (Å²) in [6.45, 7) is 0.620. The van der Waals surface area contributed by atoms with Crippen LogP contribution in [0.5, 0.6) is 0 Å². The fourth-order valence-corrected chi connectivity index (χ4v) is 0.798. The molecule has 1 rings (SSSR count). The first-order chi connectivity index (χ1) is 5.46. The van der Waals surface area contributed by atoms with Crippen molar-refractivity contribution in [3.63, 3.8) is 0 Å². The zero-order chi connectivity index (χ0) is 9.35. The van der Waals surface area contributed by atoms with Crippen molar-refractivity contribution in [2.24, 2.45) is 0 Å². The van der Waals surface area contributed by atoms with Crippen molar-refractivity contribution in [3.8, 4) is 0 Å². The van der Waals surface area contributed by atoms with Gasteiger partial charge in [-0.2, -0.15) is 13.2 Å². The Morgan fingerprint density at radius 3 is 2.42 bits per heavy atom. The molecule has 0 aliphatic carbocycles. The van der Waals surface area contributed by atoms with Gasteiger partial charge in [0.15, 0.2) is 0 Å². The van der Waals surface area contributed by atoms with Gasteiger partial charge in [-0.25, -0.2) is 0 Å². The molecule has 1 aromatic rings. The molecule has 3 nitrogen and oxygen atoms in total. The minimum absolute atomic E-state index is 0.0600. The van der Waals surface area contributed by atoms with E-state index < -0.39 is 18.5 Å². The first kappa shape index (κ1) is 9.05. The second kappa shape index (κ2) is 2.78. The summed E-state index contributed by atoms with van der Waals surface area (Å²) in [5.41, 5.74) is -0.243. The molecule has 0 radical (unpaired) electrons. The van der Waals surface area contributed by atoms with E-state index >= 15 is 0 Å². The van der Waals surface area contributed by atoms with Gasteiger partial charge in [-0.05, 0) is 6.92 Å². The van der Waals surface area contributed by atoms with Crippen LogP contribution in [0.4, 0.5) is 13.2 Å². The molecule has 1 heterocycles. The van der Waals surface area contributed by atoms with Crippen LogP contribution >= 0.6 is 0 Å². The lowest BCUT2D eigenvalue weighted by Crippen LogP contribution is -2.06. The summed E-state index contributed by atoms with van der Waals surface area (Å²) in [6, 6.07) is 0. The molecule has 0 aromatic carbocycles. The number of aliphatic hydroxyl groups excluding tert-OH is 1. The molecule has 6 heteroatoms. The average molecular weight is 181 g/mol. The highest BCUT2D eigenvalue weighted by Crippen LogP contribution is 2.33. The van der Waals surface area contributed by atoms with Crippen LogP contribution in [-0.2, 0) is 12.8 Å². The van der Waals surface area contributed by atoms with Crippen molar-refractivity contribution >= 4 is 0 Å². The van der Waals surface area contributed by atoms with Crippen LogP contribution in [0.15, 0.2) is 4.52 Å². The number of hydrogen-bond donors (Lipinski definition) is 1. The van der Waals surface area contributed by atoms with Gasteiger partial charge in [0.25, 0.3) is 0 Å². The van der Waals surface area contributed by atoms with Crippen molar-refractivity contribution in [1.82, 2.24) is 5.16 Å². The number of hydrogen-bond acceptors (Lipinski definition) is 3. The van der Waals surface area contributed by atoms with Gasteiger partial charge in [0.05, 0.1) is 17.9 Å². The second-order valence-electron chi connectivity index (χ2n) is 2.23. The highest BCUT2D eigenvalue weighted by molar-refractivity contribution is 5.22. The molecule has 0 atom stereocenters. The molecule has 0 amide bonds. The lowest BCUT2D eigenvalue weighted by atomic mass is 10.2. The van der Waals surface area contributed by atoms with Gasteiger partial charge < -0.3 is 9.63 Å². The van der Waals surface area contributed by atoms with Gasteiger partial charge in [0.2, 0.25) is 5.76 Å². The maximum absolute atomic E-state index is 12.0. The van der Waals surface area contributed by atoms with E-state index in [1.807, 2.05) is 0 Å². The molecule has 68 valence electrons. The van der Waals surface area contributed by atoms with E-state index in [4.69, 9.17) is 5.11 Å². The maximum atomic E-state index is 12.0. The normalized spacial score (nSPS) is 12.1. The van der Waals surface area contributed by atoms with E-state index in [1.54, 1.807) is 0 Å².